The highest BCUT2D eigenvalue weighted by Gasteiger charge is 2.21. The molecule has 0 saturated carbocycles. The summed E-state index contributed by atoms with van der Waals surface area (Å²) in [4.78, 5) is 28.1. The van der Waals surface area contributed by atoms with E-state index in [4.69, 9.17) is 9.47 Å². The van der Waals surface area contributed by atoms with Gasteiger partial charge >= 0.3 is 11.9 Å². The van der Waals surface area contributed by atoms with Gasteiger partial charge in [0.25, 0.3) is 0 Å². The van der Waals surface area contributed by atoms with Crippen LogP contribution < -0.4 is 0 Å². The minimum absolute atomic E-state index is 0.311. The summed E-state index contributed by atoms with van der Waals surface area (Å²) in [5, 5.41) is 3.83. The number of carbonyl (C=O) groups excluding carboxylic acids is 2. The number of esters is 2. The van der Waals surface area contributed by atoms with E-state index in [1.807, 2.05) is 22.9 Å². The third kappa shape index (κ3) is 3.04. The molecule has 5 heterocycles. The van der Waals surface area contributed by atoms with Crippen molar-refractivity contribution in [3.05, 3.63) is 46.2 Å². The molecule has 0 fully saturated rings. The van der Waals surface area contributed by atoms with Crippen molar-refractivity contribution in [2.45, 2.75) is 0 Å². The molecule has 5 aromatic rings. The van der Waals surface area contributed by atoms with Gasteiger partial charge in [0, 0.05) is 19.2 Å². The van der Waals surface area contributed by atoms with Gasteiger partial charge in [-0.3, -0.25) is 0 Å². The number of methoxy groups -OCH3 is 2. The predicted octanol–water partition coefficient (Wildman–Crippen LogP) is 7.21. The van der Waals surface area contributed by atoms with Gasteiger partial charge in [-0.15, -0.1) is 56.7 Å². The van der Waals surface area contributed by atoms with Crippen LogP contribution in [0.15, 0.2) is 35.0 Å². The first-order valence-electron chi connectivity index (χ1n) is 8.39. The Labute approximate surface area is 185 Å². The molecular weight excluding hydrogens is 465 g/mol. The second-order valence-electron chi connectivity index (χ2n) is 6.02. The van der Waals surface area contributed by atoms with Crippen molar-refractivity contribution in [3.63, 3.8) is 0 Å². The maximum absolute atomic E-state index is 12.0. The van der Waals surface area contributed by atoms with Gasteiger partial charge in [-0.1, -0.05) is 0 Å². The number of fused-ring (bicyclic) bond motifs is 3. The van der Waals surface area contributed by atoms with Gasteiger partial charge in [-0.05, 0) is 35.0 Å². The highest BCUT2D eigenvalue weighted by atomic mass is 32.1. The summed E-state index contributed by atoms with van der Waals surface area (Å²) in [5.41, 5.74) is 1.21. The van der Waals surface area contributed by atoms with Crippen LogP contribution in [-0.2, 0) is 9.47 Å². The molecule has 5 aromatic heterocycles. The number of thiophene rings is 5. The van der Waals surface area contributed by atoms with Crippen molar-refractivity contribution in [2.24, 2.45) is 0 Å². The Kier molecular flexibility index (Phi) is 4.79. The molecule has 0 bridgehead atoms. The molecule has 0 aliphatic heterocycles. The molecule has 0 atom stereocenters. The second kappa shape index (κ2) is 7.33. The van der Waals surface area contributed by atoms with Crippen LogP contribution in [0.2, 0.25) is 0 Å². The van der Waals surface area contributed by atoms with Crippen molar-refractivity contribution in [2.75, 3.05) is 14.2 Å². The first-order chi connectivity index (χ1) is 14.1. The quantitative estimate of drug-likeness (QED) is 0.257. The van der Waals surface area contributed by atoms with Crippen LogP contribution in [0.5, 0.6) is 0 Å². The van der Waals surface area contributed by atoms with Crippen molar-refractivity contribution < 1.29 is 19.1 Å². The smallest absolute Gasteiger partial charge is 0.339 e. The lowest BCUT2D eigenvalue weighted by Gasteiger charge is -1.99. The predicted molar refractivity (Wildman–Crippen MR) is 124 cm³/mol. The lowest BCUT2D eigenvalue weighted by atomic mass is 10.2. The normalized spacial score (nSPS) is 11.4. The molecule has 0 saturated heterocycles. The summed E-state index contributed by atoms with van der Waals surface area (Å²) in [6.07, 6.45) is 0. The SMILES string of the molecule is COC(=O)c1ccsc1-c1cc2sc3cc(-c4sccc4C(=O)OC)sc3c2s1. The van der Waals surface area contributed by atoms with Crippen molar-refractivity contribution in [1.29, 1.82) is 0 Å². The number of hydrogen-bond donors (Lipinski definition) is 0. The number of ether oxygens (including phenoxy) is 2. The highest BCUT2D eigenvalue weighted by Crippen LogP contribution is 2.50. The van der Waals surface area contributed by atoms with Crippen molar-refractivity contribution in [3.8, 4) is 19.5 Å². The van der Waals surface area contributed by atoms with E-state index < -0.39 is 0 Å². The van der Waals surface area contributed by atoms with Crippen LogP contribution in [0.1, 0.15) is 20.7 Å². The third-order valence-electron chi connectivity index (χ3n) is 4.41. The zero-order valence-corrected chi connectivity index (χ0v) is 19.2. The maximum Gasteiger partial charge on any atom is 0.339 e. The Bertz CT molecular complexity index is 1270. The average molecular weight is 477 g/mol. The van der Waals surface area contributed by atoms with E-state index in [9.17, 15) is 9.59 Å². The molecule has 0 aliphatic rings. The molecular formula is C20H12O4S5. The van der Waals surface area contributed by atoms with Gasteiger partial charge in [-0.25, -0.2) is 9.59 Å². The molecule has 0 spiro atoms. The van der Waals surface area contributed by atoms with Crippen molar-refractivity contribution >= 4 is 87.4 Å². The van der Waals surface area contributed by atoms with E-state index in [1.54, 1.807) is 56.7 Å². The molecule has 0 aliphatic carbocycles. The second-order valence-corrected chi connectivity index (χ2v) is 11.0. The number of carbonyl (C=O) groups is 2. The largest absolute Gasteiger partial charge is 0.465 e. The molecule has 0 unspecified atom stereocenters. The molecule has 0 N–H and O–H groups in total. The van der Waals surface area contributed by atoms with Crippen LogP contribution in [-0.4, -0.2) is 26.2 Å². The Hall–Kier alpha value is -2.04. The molecule has 9 heteroatoms. The van der Waals surface area contributed by atoms with E-state index in [1.165, 1.54) is 33.0 Å². The first kappa shape index (κ1) is 19.0. The van der Waals surface area contributed by atoms with Gasteiger partial charge in [0.1, 0.15) is 0 Å². The lowest BCUT2D eigenvalue weighted by Crippen LogP contribution is -2.00. The standard InChI is InChI=1S/C20H12O4S5/c1-23-19(21)9-3-5-25-15(9)11-7-13-17(28-11)18-14(27-13)8-12(29-18)16-10(4-6-26-16)20(22)24-2/h3-8H,1-2H3. The Morgan fingerprint density at radius 3 is 1.59 bits per heavy atom. The van der Waals surface area contributed by atoms with Crippen LogP contribution in [0.25, 0.3) is 38.3 Å². The van der Waals surface area contributed by atoms with Gasteiger partial charge in [-0.2, -0.15) is 0 Å². The van der Waals surface area contributed by atoms with Crippen LogP contribution >= 0.6 is 56.7 Å². The number of hydrogen-bond acceptors (Lipinski definition) is 9. The Morgan fingerprint density at radius 2 is 1.17 bits per heavy atom. The fraction of sp³-hybridized carbons (Fsp3) is 0.100. The summed E-state index contributed by atoms with van der Waals surface area (Å²) in [6, 6.07) is 7.92. The van der Waals surface area contributed by atoms with Gasteiger partial charge < -0.3 is 9.47 Å². The Morgan fingerprint density at radius 1 is 0.724 bits per heavy atom. The Balaban J connectivity index is 1.61. The maximum atomic E-state index is 12.0. The molecule has 0 aromatic carbocycles. The van der Waals surface area contributed by atoms with E-state index in [-0.39, 0.29) is 11.9 Å². The fourth-order valence-electron chi connectivity index (χ4n) is 3.10. The number of rotatable bonds is 4. The van der Waals surface area contributed by atoms with Crippen LogP contribution in [0.3, 0.4) is 0 Å². The summed E-state index contributed by atoms with van der Waals surface area (Å²) in [7, 11) is 2.81. The molecule has 5 rings (SSSR count). The van der Waals surface area contributed by atoms with E-state index >= 15 is 0 Å². The van der Waals surface area contributed by atoms with E-state index in [0.29, 0.717) is 11.1 Å². The van der Waals surface area contributed by atoms with Crippen LogP contribution in [0.4, 0.5) is 0 Å². The molecule has 29 heavy (non-hydrogen) atoms. The summed E-state index contributed by atoms with van der Waals surface area (Å²) in [6.45, 7) is 0. The average Bonchev–Trinajstić information content (AvgIpc) is 3.51. The highest BCUT2D eigenvalue weighted by molar-refractivity contribution is 7.41. The van der Waals surface area contributed by atoms with Gasteiger partial charge in [0.15, 0.2) is 0 Å². The molecule has 0 radical (unpaired) electrons. The third-order valence-corrected chi connectivity index (χ3v) is 10.4. The van der Waals surface area contributed by atoms with Crippen LogP contribution in [0, 0.1) is 0 Å². The van der Waals surface area contributed by atoms with E-state index in [0.717, 1.165) is 19.5 Å². The topological polar surface area (TPSA) is 52.6 Å². The van der Waals surface area contributed by atoms with Gasteiger partial charge in [0.2, 0.25) is 0 Å². The molecule has 4 nitrogen and oxygen atoms in total. The molecule has 0 amide bonds. The summed E-state index contributed by atoms with van der Waals surface area (Å²) >= 11 is 8.22. The first-order valence-corrected chi connectivity index (χ1v) is 12.6. The minimum atomic E-state index is -0.311. The van der Waals surface area contributed by atoms with Gasteiger partial charge in [0.05, 0.1) is 44.5 Å². The summed E-state index contributed by atoms with van der Waals surface area (Å²) < 4.78 is 14.7. The zero-order valence-electron chi connectivity index (χ0n) is 15.1. The van der Waals surface area contributed by atoms with Crippen molar-refractivity contribution in [1.82, 2.24) is 0 Å². The fourth-order valence-corrected chi connectivity index (χ4v) is 9.16. The molecule has 146 valence electrons. The zero-order chi connectivity index (χ0) is 20.1. The monoisotopic (exact) mass is 476 g/mol. The van der Waals surface area contributed by atoms with E-state index in [2.05, 4.69) is 12.1 Å². The lowest BCUT2D eigenvalue weighted by molar-refractivity contribution is 0.0593. The minimum Gasteiger partial charge on any atom is -0.465 e. The summed E-state index contributed by atoms with van der Waals surface area (Å²) in [5.74, 6) is -0.621.